The molecule has 2 heteroatoms. The molecule has 0 aliphatic heterocycles. The first kappa shape index (κ1) is 35.7. The second-order valence-electron chi connectivity index (χ2n) is 16.1. The van der Waals surface area contributed by atoms with Crippen LogP contribution in [0.5, 0.6) is 0 Å². The zero-order chi connectivity index (χ0) is 41.0. The Hall–Kier alpha value is -8.20. The van der Waals surface area contributed by atoms with Crippen molar-refractivity contribution in [1.29, 1.82) is 0 Å². The summed E-state index contributed by atoms with van der Waals surface area (Å²) in [6.45, 7) is 0. The quantitative estimate of drug-likeness (QED) is 0.150. The van der Waals surface area contributed by atoms with Crippen LogP contribution in [-0.2, 0) is 0 Å². The molecule has 0 amide bonds. The van der Waals surface area contributed by atoms with E-state index < -0.39 is 0 Å². The Labute approximate surface area is 360 Å². The van der Waals surface area contributed by atoms with Crippen LogP contribution < -0.4 is 4.90 Å². The van der Waals surface area contributed by atoms with Gasteiger partial charge in [-0.3, -0.25) is 0 Å². The molecule has 0 N–H and O–H groups in total. The lowest BCUT2D eigenvalue weighted by atomic mass is 9.95. The number of nitrogens with zero attached hydrogens (tertiary/aromatic N) is 1. The molecule has 290 valence electrons. The van der Waals surface area contributed by atoms with Crippen LogP contribution in [0.1, 0.15) is 0 Å². The molecule has 12 aromatic rings. The summed E-state index contributed by atoms with van der Waals surface area (Å²) < 4.78 is 6.27. The molecule has 11 aromatic carbocycles. The predicted molar refractivity (Wildman–Crippen MR) is 263 cm³/mol. The maximum atomic E-state index is 6.27. The summed E-state index contributed by atoms with van der Waals surface area (Å²) in [5.41, 5.74) is 14.5. The highest BCUT2D eigenvalue weighted by atomic mass is 16.3. The van der Waals surface area contributed by atoms with Gasteiger partial charge in [-0.2, -0.15) is 0 Å². The smallest absolute Gasteiger partial charge is 0.136 e. The lowest BCUT2D eigenvalue weighted by molar-refractivity contribution is 0.669. The Morgan fingerprint density at radius 3 is 1.55 bits per heavy atom. The van der Waals surface area contributed by atoms with E-state index in [1.165, 1.54) is 60.1 Å². The van der Waals surface area contributed by atoms with Gasteiger partial charge in [-0.1, -0.05) is 182 Å². The van der Waals surface area contributed by atoms with Gasteiger partial charge in [0.25, 0.3) is 0 Å². The molecule has 1 heterocycles. The average Bonchev–Trinajstić information content (AvgIpc) is 3.74. The topological polar surface area (TPSA) is 16.4 Å². The molecule has 1 aromatic heterocycles. The number of hydrogen-bond donors (Lipinski definition) is 0. The van der Waals surface area contributed by atoms with Crippen molar-refractivity contribution in [3.63, 3.8) is 0 Å². The Bertz CT molecular complexity index is 3620. The maximum Gasteiger partial charge on any atom is 0.136 e. The van der Waals surface area contributed by atoms with Crippen molar-refractivity contribution in [3.8, 4) is 44.5 Å². The van der Waals surface area contributed by atoms with E-state index in [1.807, 2.05) is 12.1 Å². The second-order valence-corrected chi connectivity index (χ2v) is 16.1. The number of furan rings is 1. The fraction of sp³-hybridized carbons (Fsp3) is 0. The van der Waals surface area contributed by atoms with Crippen LogP contribution in [0.2, 0.25) is 0 Å². The van der Waals surface area contributed by atoms with E-state index in [1.54, 1.807) is 0 Å². The SMILES string of the molecule is c1ccc(N(c2ccc(-c3ccc(-c4ccc5ccccc5c4)cc3)cc2)c2ccc(-c3cccc4oc5ccccc5c34)cc2)c(-c2ccc3ccc4ccccc4c3c2)c1. The fourth-order valence-corrected chi connectivity index (χ4v) is 9.34. The number of benzene rings is 11. The van der Waals surface area contributed by atoms with Crippen molar-refractivity contribution in [2.24, 2.45) is 0 Å². The molecule has 0 radical (unpaired) electrons. The van der Waals surface area contributed by atoms with Gasteiger partial charge in [0.1, 0.15) is 11.2 Å². The second kappa shape index (κ2) is 14.8. The minimum Gasteiger partial charge on any atom is -0.456 e. The zero-order valence-electron chi connectivity index (χ0n) is 33.9. The summed E-state index contributed by atoms with van der Waals surface area (Å²) in [6, 6.07) is 85.6. The van der Waals surface area contributed by atoms with E-state index in [2.05, 4.69) is 229 Å². The van der Waals surface area contributed by atoms with E-state index in [0.717, 1.165) is 55.7 Å². The van der Waals surface area contributed by atoms with Gasteiger partial charge in [0.2, 0.25) is 0 Å². The molecular weight excluding hydrogens is 751 g/mol. The molecule has 0 spiro atoms. The number of anilines is 3. The summed E-state index contributed by atoms with van der Waals surface area (Å²) in [5.74, 6) is 0. The average molecular weight is 790 g/mol. The molecule has 62 heavy (non-hydrogen) atoms. The largest absolute Gasteiger partial charge is 0.456 e. The van der Waals surface area contributed by atoms with Crippen LogP contribution in [0.25, 0.3) is 98.8 Å². The first-order valence-corrected chi connectivity index (χ1v) is 21.2. The zero-order valence-corrected chi connectivity index (χ0v) is 33.9. The fourth-order valence-electron chi connectivity index (χ4n) is 9.34. The van der Waals surface area contributed by atoms with Crippen molar-refractivity contribution < 1.29 is 4.42 Å². The number of fused-ring (bicyclic) bond motifs is 7. The van der Waals surface area contributed by atoms with Gasteiger partial charge >= 0.3 is 0 Å². The molecule has 2 nitrogen and oxygen atoms in total. The Morgan fingerprint density at radius 2 is 0.774 bits per heavy atom. The molecule has 0 aliphatic carbocycles. The van der Waals surface area contributed by atoms with Gasteiger partial charge in [0.15, 0.2) is 0 Å². The van der Waals surface area contributed by atoms with Gasteiger partial charge in [-0.05, 0) is 126 Å². The maximum absolute atomic E-state index is 6.27. The highest BCUT2D eigenvalue weighted by Crippen LogP contribution is 2.44. The van der Waals surface area contributed by atoms with Gasteiger partial charge in [0, 0.05) is 27.7 Å². The molecule has 0 unspecified atom stereocenters. The number of para-hydroxylation sites is 2. The van der Waals surface area contributed by atoms with Crippen LogP contribution in [0.3, 0.4) is 0 Å². The summed E-state index contributed by atoms with van der Waals surface area (Å²) in [4.78, 5) is 2.40. The van der Waals surface area contributed by atoms with Gasteiger partial charge in [0.05, 0.1) is 5.69 Å². The Balaban J connectivity index is 0.955. The Kier molecular flexibility index (Phi) is 8.53. The third kappa shape index (κ3) is 6.20. The highest BCUT2D eigenvalue weighted by Gasteiger charge is 2.19. The first-order valence-electron chi connectivity index (χ1n) is 21.2. The normalized spacial score (nSPS) is 11.5. The predicted octanol–water partition coefficient (Wildman–Crippen LogP) is 17.2. The number of rotatable bonds is 7. The van der Waals surface area contributed by atoms with Crippen molar-refractivity contribution in [3.05, 3.63) is 237 Å². The van der Waals surface area contributed by atoms with E-state index in [9.17, 15) is 0 Å². The summed E-state index contributed by atoms with van der Waals surface area (Å²) in [7, 11) is 0. The van der Waals surface area contributed by atoms with E-state index in [0.29, 0.717) is 0 Å². The van der Waals surface area contributed by atoms with Gasteiger partial charge < -0.3 is 9.32 Å². The Morgan fingerprint density at radius 1 is 0.274 bits per heavy atom. The minimum absolute atomic E-state index is 0.898. The van der Waals surface area contributed by atoms with Crippen LogP contribution in [-0.4, -0.2) is 0 Å². The summed E-state index contributed by atoms with van der Waals surface area (Å²) in [6.07, 6.45) is 0. The first-order chi connectivity index (χ1) is 30.7. The van der Waals surface area contributed by atoms with Crippen LogP contribution in [0.4, 0.5) is 17.1 Å². The monoisotopic (exact) mass is 789 g/mol. The molecule has 0 fully saturated rings. The lowest BCUT2D eigenvalue weighted by Gasteiger charge is -2.28. The van der Waals surface area contributed by atoms with Crippen molar-refractivity contribution in [1.82, 2.24) is 0 Å². The van der Waals surface area contributed by atoms with Gasteiger partial charge in [-0.15, -0.1) is 0 Å². The molecule has 0 saturated heterocycles. The van der Waals surface area contributed by atoms with Crippen LogP contribution in [0.15, 0.2) is 241 Å². The highest BCUT2D eigenvalue weighted by molar-refractivity contribution is 6.13. The van der Waals surface area contributed by atoms with Crippen LogP contribution >= 0.6 is 0 Å². The van der Waals surface area contributed by atoms with Crippen molar-refractivity contribution >= 4 is 71.3 Å². The molecule has 12 rings (SSSR count). The van der Waals surface area contributed by atoms with Crippen molar-refractivity contribution in [2.75, 3.05) is 4.90 Å². The third-order valence-corrected chi connectivity index (χ3v) is 12.5. The number of hydrogen-bond acceptors (Lipinski definition) is 2. The summed E-state index contributed by atoms with van der Waals surface area (Å²) in [5, 5.41) is 9.78. The molecular formula is C60H39NO. The van der Waals surface area contributed by atoms with Gasteiger partial charge in [-0.25, -0.2) is 0 Å². The van der Waals surface area contributed by atoms with E-state index in [4.69, 9.17) is 4.42 Å². The molecule has 0 saturated carbocycles. The molecule has 0 aliphatic rings. The van der Waals surface area contributed by atoms with E-state index in [-0.39, 0.29) is 0 Å². The van der Waals surface area contributed by atoms with E-state index >= 15 is 0 Å². The third-order valence-electron chi connectivity index (χ3n) is 12.5. The molecule has 0 atom stereocenters. The van der Waals surface area contributed by atoms with Crippen molar-refractivity contribution in [2.45, 2.75) is 0 Å². The standard InChI is InChI=1S/C60H39NO/c1-2-12-47-38-48(28-24-40(47)10-1)43-22-20-41(21-23-43)42-30-34-50(35-31-42)61(51-36-32-45(33-37-51)54-16-9-19-59-60(54)55-15-6-8-18-58(55)62-59)57-17-7-5-14-53(57)49-29-27-46-26-25-44-11-3-4-13-52(44)56(46)39-49/h1-39H. The lowest BCUT2D eigenvalue weighted by Crippen LogP contribution is -2.11. The molecule has 0 bridgehead atoms. The van der Waals surface area contributed by atoms with Crippen LogP contribution in [0, 0.1) is 0 Å². The minimum atomic E-state index is 0.898. The summed E-state index contributed by atoms with van der Waals surface area (Å²) >= 11 is 0.